The van der Waals surface area contributed by atoms with Crippen LogP contribution in [0, 0.1) is 0 Å². The molecule has 20 heavy (non-hydrogen) atoms. The van der Waals surface area contributed by atoms with E-state index < -0.39 is 0 Å². The number of rotatable bonds is 3. The molecule has 2 heterocycles. The maximum absolute atomic E-state index is 5.75. The van der Waals surface area contributed by atoms with Gasteiger partial charge in [0.05, 0.1) is 12.1 Å². The quantitative estimate of drug-likeness (QED) is 0.795. The third kappa shape index (κ3) is 2.73. The lowest BCUT2D eigenvalue weighted by molar-refractivity contribution is 0.384. The van der Waals surface area contributed by atoms with Crippen molar-refractivity contribution in [1.82, 2.24) is 15.5 Å². The molecule has 0 amide bonds. The largest absolute Gasteiger partial charge is 0.419 e. The van der Waals surface area contributed by atoms with Crippen LogP contribution in [-0.2, 0) is 6.54 Å². The van der Waals surface area contributed by atoms with E-state index in [4.69, 9.17) is 4.42 Å². The summed E-state index contributed by atoms with van der Waals surface area (Å²) in [7, 11) is 0. The van der Waals surface area contributed by atoms with Crippen LogP contribution in [0.1, 0.15) is 26.7 Å². The molecule has 104 valence electrons. The van der Waals surface area contributed by atoms with Crippen LogP contribution >= 0.6 is 11.3 Å². The maximum Gasteiger partial charge on any atom is 0.249 e. The molecule has 0 aliphatic rings. The summed E-state index contributed by atoms with van der Waals surface area (Å²) in [5.74, 6) is 1.21. The Morgan fingerprint density at radius 2 is 2.00 bits per heavy atom. The third-order valence-corrected chi connectivity index (χ3v) is 3.91. The van der Waals surface area contributed by atoms with E-state index in [2.05, 4.69) is 53.8 Å². The minimum atomic E-state index is 0.0315. The average Bonchev–Trinajstić information content (AvgIpc) is 3.01. The van der Waals surface area contributed by atoms with Gasteiger partial charge in [0, 0.05) is 21.0 Å². The van der Waals surface area contributed by atoms with Gasteiger partial charge in [-0.2, -0.15) is 0 Å². The van der Waals surface area contributed by atoms with Crippen LogP contribution < -0.4 is 5.32 Å². The van der Waals surface area contributed by atoms with E-state index in [-0.39, 0.29) is 5.54 Å². The van der Waals surface area contributed by atoms with Gasteiger partial charge in [-0.1, -0.05) is 18.2 Å². The van der Waals surface area contributed by atoms with Gasteiger partial charge in [0.15, 0.2) is 0 Å². The molecule has 2 aromatic heterocycles. The molecule has 0 aliphatic heterocycles. The van der Waals surface area contributed by atoms with E-state index >= 15 is 0 Å². The number of benzene rings is 1. The fourth-order valence-corrected chi connectivity index (χ4v) is 2.85. The summed E-state index contributed by atoms with van der Waals surface area (Å²) in [5.41, 5.74) is 1.05. The van der Waals surface area contributed by atoms with E-state index in [1.54, 1.807) is 11.3 Å². The highest BCUT2D eigenvalue weighted by Gasteiger charge is 2.15. The van der Waals surface area contributed by atoms with Crippen LogP contribution in [0.2, 0.25) is 0 Å². The lowest BCUT2D eigenvalue weighted by atomic mass is 10.1. The van der Waals surface area contributed by atoms with Gasteiger partial charge >= 0.3 is 0 Å². The van der Waals surface area contributed by atoms with Crippen molar-refractivity contribution in [2.45, 2.75) is 32.9 Å². The second kappa shape index (κ2) is 5.00. The second-order valence-electron chi connectivity index (χ2n) is 5.75. The Labute approximate surface area is 121 Å². The Kier molecular flexibility index (Phi) is 3.31. The van der Waals surface area contributed by atoms with Crippen molar-refractivity contribution in [2.75, 3.05) is 0 Å². The SMILES string of the molecule is CC(C)(C)NCc1nnc(-c2csc3ccccc23)o1. The molecule has 0 aliphatic carbocycles. The number of fused-ring (bicyclic) bond motifs is 1. The van der Waals surface area contributed by atoms with E-state index in [1.165, 1.54) is 4.70 Å². The van der Waals surface area contributed by atoms with E-state index in [0.29, 0.717) is 18.3 Å². The van der Waals surface area contributed by atoms with Gasteiger partial charge in [-0.3, -0.25) is 0 Å². The van der Waals surface area contributed by atoms with Gasteiger partial charge in [-0.15, -0.1) is 21.5 Å². The molecule has 0 saturated heterocycles. The summed E-state index contributed by atoms with van der Waals surface area (Å²) in [6.45, 7) is 6.91. The van der Waals surface area contributed by atoms with Gasteiger partial charge in [-0.05, 0) is 26.8 Å². The van der Waals surface area contributed by atoms with Crippen molar-refractivity contribution in [3.05, 3.63) is 35.5 Å². The first-order valence-corrected chi connectivity index (χ1v) is 7.45. The van der Waals surface area contributed by atoms with Crippen LogP contribution in [0.4, 0.5) is 0 Å². The van der Waals surface area contributed by atoms with Gasteiger partial charge in [0.1, 0.15) is 0 Å². The lowest BCUT2D eigenvalue weighted by Crippen LogP contribution is -2.35. The number of thiophene rings is 1. The predicted molar refractivity (Wildman–Crippen MR) is 81.7 cm³/mol. The molecule has 3 aromatic rings. The van der Waals surface area contributed by atoms with Crippen molar-refractivity contribution in [3.63, 3.8) is 0 Å². The standard InChI is InChI=1S/C15H17N3OS/c1-15(2,3)16-8-13-17-18-14(19-13)11-9-20-12-7-5-4-6-10(11)12/h4-7,9,16H,8H2,1-3H3. The summed E-state index contributed by atoms with van der Waals surface area (Å²) in [4.78, 5) is 0. The minimum absolute atomic E-state index is 0.0315. The Morgan fingerprint density at radius 3 is 2.80 bits per heavy atom. The molecule has 3 rings (SSSR count). The van der Waals surface area contributed by atoms with E-state index in [0.717, 1.165) is 10.9 Å². The lowest BCUT2D eigenvalue weighted by Gasteiger charge is -2.18. The Hall–Kier alpha value is -1.72. The molecule has 0 bridgehead atoms. The van der Waals surface area contributed by atoms with Gasteiger partial charge in [0.25, 0.3) is 0 Å². The zero-order valence-corrected chi connectivity index (χ0v) is 12.6. The molecule has 1 aromatic carbocycles. The van der Waals surface area contributed by atoms with Crippen LogP contribution in [0.15, 0.2) is 34.1 Å². The zero-order valence-electron chi connectivity index (χ0n) is 11.8. The van der Waals surface area contributed by atoms with Crippen molar-refractivity contribution in [2.24, 2.45) is 0 Å². The zero-order chi connectivity index (χ0) is 14.2. The van der Waals surface area contributed by atoms with E-state index in [1.807, 2.05) is 12.1 Å². The molecule has 0 fully saturated rings. The highest BCUT2D eigenvalue weighted by atomic mass is 32.1. The molecule has 0 atom stereocenters. The summed E-state index contributed by atoms with van der Waals surface area (Å²) in [5, 5.41) is 14.8. The normalized spacial score (nSPS) is 12.2. The fourth-order valence-electron chi connectivity index (χ4n) is 1.92. The summed E-state index contributed by atoms with van der Waals surface area (Å²) in [6, 6.07) is 8.24. The molecule has 5 heteroatoms. The van der Waals surface area contributed by atoms with Gasteiger partial charge < -0.3 is 9.73 Å². The average molecular weight is 287 g/mol. The van der Waals surface area contributed by atoms with Gasteiger partial charge in [-0.25, -0.2) is 0 Å². The maximum atomic E-state index is 5.75. The third-order valence-electron chi connectivity index (χ3n) is 2.95. The smallest absolute Gasteiger partial charge is 0.249 e. The molecule has 0 spiro atoms. The molecule has 0 radical (unpaired) electrons. The molecule has 1 N–H and O–H groups in total. The molecule has 0 saturated carbocycles. The van der Waals surface area contributed by atoms with E-state index in [9.17, 15) is 0 Å². The number of nitrogens with zero attached hydrogens (tertiary/aromatic N) is 2. The second-order valence-corrected chi connectivity index (χ2v) is 6.66. The molecule has 4 nitrogen and oxygen atoms in total. The number of hydrogen-bond donors (Lipinski definition) is 1. The summed E-state index contributed by atoms with van der Waals surface area (Å²) >= 11 is 1.69. The topological polar surface area (TPSA) is 51.0 Å². The Balaban J connectivity index is 1.86. The monoisotopic (exact) mass is 287 g/mol. The van der Waals surface area contributed by atoms with Crippen LogP contribution in [0.3, 0.4) is 0 Å². The van der Waals surface area contributed by atoms with Gasteiger partial charge in [0.2, 0.25) is 11.8 Å². The highest BCUT2D eigenvalue weighted by Crippen LogP contribution is 2.32. The van der Waals surface area contributed by atoms with Crippen LogP contribution in [-0.4, -0.2) is 15.7 Å². The number of hydrogen-bond acceptors (Lipinski definition) is 5. The minimum Gasteiger partial charge on any atom is -0.419 e. The summed E-state index contributed by atoms with van der Waals surface area (Å²) < 4.78 is 6.99. The van der Waals surface area contributed by atoms with Crippen LogP contribution in [0.25, 0.3) is 21.5 Å². The number of nitrogens with one attached hydrogen (secondary N) is 1. The van der Waals surface area contributed by atoms with Crippen molar-refractivity contribution in [3.8, 4) is 11.5 Å². The highest BCUT2D eigenvalue weighted by molar-refractivity contribution is 7.17. The Bertz CT molecular complexity index is 724. The van der Waals surface area contributed by atoms with Crippen LogP contribution in [0.5, 0.6) is 0 Å². The molecular formula is C15H17N3OS. The first-order chi connectivity index (χ1) is 9.53. The van der Waals surface area contributed by atoms with Crippen molar-refractivity contribution >= 4 is 21.4 Å². The van der Waals surface area contributed by atoms with Crippen molar-refractivity contribution in [1.29, 1.82) is 0 Å². The summed E-state index contributed by atoms with van der Waals surface area (Å²) in [6.07, 6.45) is 0. The first-order valence-electron chi connectivity index (χ1n) is 6.57. The van der Waals surface area contributed by atoms with Crippen molar-refractivity contribution < 1.29 is 4.42 Å². The predicted octanol–water partition coefficient (Wildman–Crippen LogP) is 3.84. The Morgan fingerprint density at radius 1 is 1.20 bits per heavy atom. The molecule has 0 unspecified atom stereocenters. The molecular weight excluding hydrogens is 270 g/mol. The first kappa shape index (κ1) is 13.3. The number of aromatic nitrogens is 2. The fraction of sp³-hybridized carbons (Fsp3) is 0.333.